The van der Waals surface area contributed by atoms with Gasteiger partial charge >= 0.3 is 12.0 Å². The van der Waals surface area contributed by atoms with Gasteiger partial charge in [-0.1, -0.05) is 13.8 Å². The number of ether oxygens (including phenoxy) is 1. The molecule has 0 saturated carbocycles. The Morgan fingerprint density at radius 1 is 1.33 bits per heavy atom. The highest BCUT2D eigenvalue weighted by Crippen LogP contribution is 2.17. The van der Waals surface area contributed by atoms with Gasteiger partial charge in [-0.15, -0.1) is 0 Å². The third-order valence-electron chi connectivity index (χ3n) is 3.91. The van der Waals surface area contributed by atoms with Gasteiger partial charge in [-0.05, 0) is 31.1 Å². The summed E-state index contributed by atoms with van der Waals surface area (Å²) < 4.78 is 5.13. The van der Waals surface area contributed by atoms with Crippen LogP contribution < -0.4 is 5.32 Å². The molecule has 6 nitrogen and oxygen atoms in total. The summed E-state index contributed by atoms with van der Waals surface area (Å²) in [6, 6.07) is -0.152. The minimum absolute atomic E-state index is 0.152. The normalized spacial score (nSPS) is 17.8. The Morgan fingerprint density at radius 3 is 2.43 bits per heavy atom. The fourth-order valence-electron chi connectivity index (χ4n) is 2.70. The highest BCUT2D eigenvalue weighted by molar-refractivity contribution is 5.76. The van der Waals surface area contributed by atoms with Crippen LogP contribution in [0.15, 0.2) is 0 Å². The molecule has 1 unspecified atom stereocenters. The number of rotatable bonds is 7. The van der Waals surface area contributed by atoms with E-state index < -0.39 is 11.9 Å². The van der Waals surface area contributed by atoms with Gasteiger partial charge in [-0.3, -0.25) is 4.79 Å². The predicted molar refractivity (Wildman–Crippen MR) is 80.2 cm³/mol. The van der Waals surface area contributed by atoms with Crippen LogP contribution in [0.2, 0.25) is 0 Å². The molecule has 1 heterocycles. The van der Waals surface area contributed by atoms with Gasteiger partial charge in [0.15, 0.2) is 0 Å². The molecule has 0 aromatic heterocycles. The van der Waals surface area contributed by atoms with Crippen molar-refractivity contribution in [3.63, 3.8) is 0 Å². The number of likely N-dealkylation sites (tertiary alicyclic amines) is 1. The van der Waals surface area contributed by atoms with Gasteiger partial charge in [0.25, 0.3) is 0 Å². The van der Waals surface area contributed by atoms with E-state index in [-0.39, 0.29) is 12.6 Å². The third kappa shape index (κ3) is 6.33. The van der Waals surface area contributed by atoms with Crippen LogP contribution in [-0.2, 0) is 9.53 Å². The molecule has 0 bridgehead atoms. The van der Waals surface area contributed by atoms with Crippen LogP contribution in [0.4, 0.5) is 4.79 Å². The number of carboxylic acids is 1. The zero-order chi connectivity index (χ0) is 15.8. The molecule has 1 aliphatic heterocycles. The second kappa shape index (κ2) is 8.87. The smallest absolute Gasteiger partial charge is 0.317 e. The summed E-state index contributed by atoms with van der Waals surface area (Å²) in [4.78, 5) is 25.0. The number of urea groups is 1. The van der Waals surface area contributed by atoms with Crippen molar-refractivity contribution in [2.24, 2.45) is 17.8 Å². The Bertz CT molecular complexity index is 339. The number of carboxylic acid groups (broad SMARTS) is 1. The molecular formula is C15H28N2O4. The fraction of sp³-hybridized carbons (Fsp3) is 0.867. The number of nitrogens with zero attached hydrogens (tertiary/aromatic N) is 1. The Hall–Kier alpha value is -1.30. The first-order chi connectivity index (χ1) is 9.93. The zero-order valence-corrected chi connectivity index (χ0v) is 13.3. The SMILES string of the molecule is COCC1CCN(C(=O)NCC(CC(C)C)C(=O)O)CC1. The molecule has 122 valence electrons. The lowest BCUT2D eigenvalue weighted by atomic mass is 9.97. The molecule has 0 aromatic rings. The molecule has 1 saturated heterocycles. The van der Waals surface area contributed by atoms with E-state index in [1.807, 2.05) is 13.8 Å². The lowest BCUT2D eigenvalue weighted by molar-refractivity contribution is -0.142. The number of methoxy groups -OCH3 is 1. The molecule has 0 aromatic carbocycles. The first-order valence-corrected chi connectivity index (χ1v) is 7.68. The van der Waals surface area contributed by atoms with Crippen molar-refractivity contribution in [3.8, 4) is 0 Å². The number of amides is 2. The highest BCUT2D eigenvalue weighted by atomic mass is 16.5. The summed E-state index contributed by atoms with van der Waals surface area (Å²) >= 11 is 0. The van der Waals surface area contributed by atoms with Crippen molar-refractivity contribution in [2.45, 2.75) is 33.1 Å². The van der Waals surface area contributed by atoms with Gasteiger partial charge in [-0.2, -0.15) is 0 Å². The Balaban J connectivity index is 2.34. The molecule has 0 radical (unpaired) electrons. The van der Waals surface area contributed by atoms with Crippen LogP contribution >= 0.6 is 0 Å². The molecule has 1 fully saturated rings. The number of piperidine rings is 1. The zero-order valence-electron chi connectivity index (χ0n) is 13.3. The van der Waals surface area contributed by atoms with E-state index in [0.717, 1.165) is 19.4 Å². The predicted octanol–water partition coefficient (Wildman–Crippen LogP) is 1.80. The minimum atomic E-state index is -0.845. The maximum atomic E-state index is 12.1. The average molecular weight is 300 g/mol. The molecule has 2 N–H and O–H groups in total. The van der Waals surface area contributed by atoms with Crippen LogP contribution in [0.3, 0.4) is 0 Å². The van der Waals surface area contributed by atoms with E-state index in [2.05, 4.69) is 5.32 Å². The van der Waals surface area contributed by atoms with E-state index >= 15 is 0 Å². The Morgan fingerprint density at radius 2 is 1.95 bits per heavy atom. The van der Waals surface area contributed by atoms with Crippen LogP contribution in [0.1, 0.15) is 33.1 Å². The number of carbonyl (C=O) groups is 2. The largest absolute Gasteiger partial charge is 0.481 e. The van der Waals surface area contributed by atoms with Gasteiger partial charge < -0.3 is 20.1 Å². The number of aliphatic carboxylic acids is 1. The highest BCUT2D eigenvalue weighted by Gasteiger charge is 2.24. The summed E-state index contributed by atoms with van der Waals surface area (Å²) in [7, 11) is 1.69. The second-order valence-corrected chi connectivity index (χ2v) is 6.24. The number of hydrogen-bond donors (Lipinski definition) is 2. The van der Waals surface area contributed by atoms with Crippen LogP contribution in [-0.4, -0.2) is 55.4 Å². The van der Waals surface area contributed by atoms with Crippen molar-refractivity contribution in [1.29, 1.82) is 0 Å². The minimum Gasteiger partial charge on any atom is -0.481 e. The molecule has 0 spiro atoms. The van der Waals surface area contributed by atoms with Crippen molar-refractivity contribution in [3.05, 3.63) is 0 Å². The number of nitrogens with one attached hydrogen (secondary N) is 1. The van der Waals surface area contributed by atoms with Crippen LogP contribution in [0.25, 0.3) is 0 Å². The van der Waals surface area contributed by atoms with Crippen molar-refractivity contribution in [1.82, 2.24) is 10.2 Å². The summed E-state index contributed by atoms with van der Waals surface area (Å²) in [5.74, 6) is -0.540. The lowest BCUT2D eigenvalue weighted by Gasteiger charge is -2.32. The number of carbonyl (C=O) groups excluding carboxylic acids is 1. The second-order valence-electron chi connectivity index (χ2n) is 6.24. The molecule has 1 atom stereocenters. The van der Waals surface area contributed by atoms with Gasteiger partial charge in [0.2, 0.25) is 0 Å². The third-order valence-corrected chi connectivity index (χ3v) is 3.91. The van der Waals surface area contributed by atoms with Crippen molar-refractivity contribution in [2.75, 3.05) is 33.4 Å². The summed E-state index contributed by atoms with van der Waals surface area (Å²) in [6.45, 7) is 6.33. The summed E-state index contributed by atoms with van der Waals surface area (Å²) in [6.07, 6.45) is 2.46. The molecule has 21 heavy (non-hydrogen) atoms. The molecule has 6 heteroatoms. The standard InChI is InChI=1S/C15H28N2O4/c1-11(2)8-13(14(18)19)9-16-15(20)17-6-4-12(5-7-17)10-21-3/h11-13H,4-10H2,1-3H3,(H,16,20)(H,18,19). The molecule has 1 rings (SSSR count). The van der Waals surface area contributed by atoms with Gasteiger partial charge in [0.1, 0.15) is 0 Å². The fourth-order valence-corrected chi connectivity index (χ4v) is 2.70. The first-order valence-electron chi connectivity index (χ1n) is 7.68. The quantitative estimate of drug-likeness (QED) is 0.751. The maximum absolute atomic E-state index is 12.1. The first kappa shape index (κ1) is 17.8. The van der Waals surface area contributed by atoms with Crippen LogP contribution in [0, 0.1) is 17.8 Å². The average Bonchev–Trinajstić information content (AvgIpc) is 2.43. The van der Waals surface area contributed by atoms with E-state index in [1.165, 1.54) is 0 Å². The summed E-state index contributed by atoms with van der Waals surface area (Å²) in [5.41, 5.74) is 0. The molecule has 0 aliphatic carbocycles. The maximum Gasteiger partial charge on any atom is 0.317 e. The van der Waals surface area contributed by atoms with E-state index in [9.17, 15) is 9.59 Å². The molecule has 2 amide bonds. The van der Waals surface area contributed by atoms with Gasteiger partial charge in [0.05, 0.1) is 5.92 Å². The van der Waals surface area contributed by atoms with E-state index in [0.29, 0.717) is 31.3 Å². The van der Waals surface area contributed by atoms with Gasteiger partial charge in [-0.25, -0.2) is 4.79 Å². The topological polar surface area (TPSA) is 78.9 Å². The Labute approximate surface area is 126 Å². The molecule has 1 aliphatic rings. The molecular weight excluding hydrogens is 272 g/mol. The van der Waals surface area contributed by atoms with Crippen molar-refractivity contribution >= 4 is 12.0 Å². The van der Waals surface area contributed by atoms with Crippen LogP contribution in [0.5, 0.6) is 0 Å². The summed E-state index contributed by atoms with van der Waals surface area (Å²) in [5, 5.41) is 11.9. The van der Waals surface area contributed by atoms with Gasteiger partial charge in [0, 0.05) is 33.4 Å². The Kier molecular flexibility index (Phi) is 7.50. The van der Waals surface area contributed by atoms with Crippen molar-refractivity contribution < 1.29 is 19.4 Å². The lowest BCUT2D eigenvalue weighted by Crippen LogP contribution is -2.46. The van der Waals surface area contributed by atoms with E-state index in [1.54, 1.807) is 12.0 Å². The number of hydrogen-bond acceptors (Lipinski definition) is 3. The monoisotopic (exact) mass is 300 g/mol. The van der Waals surface area contributed by atoms with E-state index in [4.69, 9.17) is 9.84 Å².